The summed E-state index contributed by atoms with van der Waals surface area (Å²) in [6.07, 6.45) is 0.567. The number of carbonyl (C=O) groups excluding carboxylic acids is 2. The smallest absolute Gasteiger partial charge is 0.306 e. The van der Waals surface area contributed by atoms with Crippen molar-refractivity contribution in [1.82, 2.24) is 4.98 Å². The summed E-state index contributed by atoms with van der Waals surface area (Å²) in [4.78, 5) is 31.2. The van der Waals surface area contributed by atoms with Gasteiger partial charge in [0.2, 0.25) is 5.91 Å². The Kier molecular flexibility index (Phi) is 5.09. The normalized spacial score (nSPS) is 16.3. The summed E-state index contributed by atoms with van der Waals surface area (Å²) in [5.41, 5.74) is 2.43. The molecular formula is C21H19FN2O3S. The van der Waals surface area contributed by atoms with Gasteiger partial charge in [-0.1, -0.05) is 18.2 Å². The van der Waals surface area contributed by atoms with E-state index in [2.05, 4.69) is 4.98 Å². The maximum absolute atomic E-state index is 13.5. The fraction of sp³-hybridized carbons (Fsp3) is 0.286. The first-order valence-corrected chi connectivity index (χ1v) is 9.96. The molecule has 1 unspecified atom stereocenters. The number of thiazole rings is 1. The number of rotatable bonds is 5. The van der Waals surface area contributed by atoms with E-state index in [1.807, 2.05) is 24.3 Å². The molecule has 7 heteroatoms. The second kappa shape index (κ2) is 7.67. The Labute approximate surface area is 165 Å². The number of hydrogen-bond donors (Lipinski definition) is 0. The summed E-state index contributed by atoms with van der Waals surface area (Å²) in [6.45, 7) is 2.33. The monoisotopic (exact) mass is 398 g/mol. The van der Waals surface area contributed by atoms with E-state index in [1.165, 1.54) is 23.5 Å². The molecule has 0 saturated carbocycles. The van der Waals surface area contributed by atoms with Crippen LogP contribution in [0.3, 0.4) is 0 Å². The lowest BCUT2D eigenvalue weighted by atomic mass is 9.89. The van der Waals surface area contributed by atoms with Gasteiger partial charge in [-0.2, -0.15) is 0 Å². The van der Waals surface area contributed by atoms with Gasteiger partial charge in [-0.05, 0) is 37.1 Å². The standard InChI is InChI=1S/C21H19FN2O3S/c1-2-27-20(25)10-14-9-13-5-3-4-6-17(13)24(21(14)26)12-19-23-16-11-15(22)7-8-18(16)28-19/h3-8,11,14H,2,9-10,12H2,1H3. The third-order valence-corrected chi connectivity index (χ3v) is 5.79. The zero-order valence-electron chi connectivity index (χ0n) is 15.4. The summed E-state index contributed by atoms with van der Waals surface area (Å²) < 4.78 is 19.4. The topological polar surface area (TPSA) is 59.5 Å². The van der Waals surface area contributed by atoms with Crippen LogP contribution in [0.15, 0.2) is 42.5 Å². The summed E-state index contributed by atoms with van der Waals surface area (Å²) in [6, 6.07) is 12.2. The summed E-state index contributed by atoms with van der Waals surface area (Å²) >= 11 is 1.44. The lowest BCUT2D eigenvalue weighted by Crippen LogP contribution is -2.41. The third-order valence-electron chi connectivity index (χ3n) is 4.77. The molecule has 1 atom stereocenters. The van der Waals surface area contributed by atoms with Gasteiger partial charge in [-0.3, -0.25) is 9.59 Å². The Morgan fingerprint density at radius 2 is 2.14 bits per heavy atom. The van der Waals surface area contributed by atoms with Crippen molar-refractivity contribution in [3.8, 4) is 0 Å². The first kappa shape index (κ1) is 18.6. The van der Waals surface area contributed by atoms with Crippen LogP contribution in [0.25, 0.3) is 10.2 Å². The van der Waals surface area contributed by atoms with Crippen LogP contribution in [0.2, 0.25) is 0 Å². The number of benzene rings is 2. The zero-order chi connectivity index (χ0) is 19.7. The predicted molar refractivity (Wildman–Crippen MR) is 106 cm³/mol. The van der Waals surface area contributed by atoms with Crippen LogP contribution in [0.5, 0.6) is 0 Å². The molecule has 4 rings (SSSR count). The van der Waals surface area contributed by atoms with Crippen LogP contribution in [0.1, 0.15) is 23.9 Å². The summed E-state index contributed by atoms with van der Waals surface area (Å²) in [5.74, 6) is -1.27. The molecule has 3 aromatic rings. The Balaban J connectivity index is 1.64. The van der Waals surface area contributed by atoms with Crippen LogP contribution >= 0.6 is 11.3 Å². The van der Waals surface area contributed by atoms with Crippen LogP contribution in [0, 0.1) is 11.7 Å². The quantitative estimate of drug-likeness (QED) is 0.608. The highest BCUT2D eigenvalue weighted by molar-refractivity contribution is 7.18. The fourth-order valence-corrected chi connectivity index (χ4v) is 4.47. The molecule has 1 aromatic heterocycles. The molecule has 1 amide bonds. The van der Waals surface area contributed by atoms with Crippen LogP contribution in [-0.4, -0.2) is 23.5 Å². The lowest BCUT2D eigenvalue weighted by Gasteiger charge is -2.33. The second-order valence-corrected chi connectivity index (χ2v) is 7.80. The first-order valence-electron chi connectivity index (χ1n) is 9.15. The Bertz CT molecular complexity index is 1050. The first-order chi connectivity index (χ1) is 13.5. The predicted octanol–water partition coefficient (Wildman–Crippen LogP) is 4.09. The highest BCUT2D eigenvalue weighted by Gasteiger charge is 2.34. The van der Waals surface area contributed by atoms with Gasteiger partial charge in [-0.25, -0.2) is 9.37 Å². The van der Waals surface area contributed by atoms with Crippen molar-refractivity contribution in [2.45, 2.75) is 26.3 Å². The SMILES string of the molecule is CCOC(=O)CC1Cc2ccccc2N(Cc2nc3cc(F)ccc3s2)C1=O. The van der Waals surface area contributed by atoms with Gasteiger partial charge < -0.3 is 9.64 Å². The molecule has 0 N–H and O–H groups in total. The van der Waals surface area contributed by atoms with Gasteiger partial charge in [0.1, 0.15) is 10.8 Å². The number of esters is 1. The molecule has 0 bridgehead atoms. The van der Waals surface area contributed by atoms with E-state index in [0.29, 0.717) is 18.5 Å². The van der Waals surface area contributed by atoms with Crippen LogP contribution < -0.4 is 4.90 Å². The average Bonchev–Trinajstić information content (AvgIpc) is 3.07. The average molecular weight is 398 g/mol. The number of ether oxygens (including phenoxy) is 1. The Morgan fingerprint density at radius 1 is 1.32 bits per heavy atom. The second-order valence-electron chi connectivity index (χ2n) is 6.68. The highest BCUT2D eigenvalue weighted by atomic mass is 32.1. The molecule has 0 radical (unpaired) electrons. The third kappa shape index (κ3) is 3.62. The van der Waals surface area contributed by atoms with E-state index in [9.17, 15) is 14.0 Å². The number of aromatic nitrogens is 1. The highest BCUT2D eigenvalue weighted by Crippen LogP contribution is 2.34. The Morgan fingerprint density at radius 3 is 2.96 bits per heavy atom. The van der Waals surface area contributed by atoms with E-state index in [-0.39, 0.29) is 30.7 Å². The molecule has 1 aliphatic heterocycles. The molecule has 0 spiro atoms. The molecule has 2 heterocycles. The van der Waals surface area contributed by atoms with Crippen molar-refractivity contribution < 1.29 is 18.7 Å². The largest absolute Gasteiger partial charge is 0.466 e. The number of nitrogens with zero attached hydrogens (tertiary/aromatic N) is 2. The van der Waals surface area contributed by atoms with E-state index in [4.69, 9.17) is 4.74 Å². The molecular weight excluding hydrogens is 379 g/mol. The van der Waals surface area contributed by atoms with Crippen molar-refractivity contribution in [2.24, 2.45) is 5.92 Å². The van der Waals surface area contributed by atoms with Crippen molar-refractivity contribution in [2.75, 3.05) is 11.5 Å². The molecule has 1 aliphatic rings. The van der Waals surface area contributed by atoms with Gasteiger partial charge in [-0.15, -0.1) is 11.3 Å². The number of fused-ring (bicyclic) bond motifs is 2. The molecule has 144 valence electrons. The van der Waals surface area contributed by atoms with Crippen LogP contribution in [-0.2, 0) is 27.3 Å². The molecule has 0 fully saturated rings. The Hall–Kier alpha value is -2.80. The minimum absolute atomic E-state index is 0.0581. The lowest BCUT2D eigenvalue weighted by molar-refractivity contribution is -0.146. The fourth-order valence-electron chi connectivity index (χ4n) is 3.53. The van der Waals surface area contributed by atoms with E-state index >= 15 is 0 Å². The molecule has 2 aromatic carbocycles. The number of amides is 1. The minimum Gasteiger partial charge on any atom is -0.466 e. The maximum atomic E-state index is 13.5. The minimum atomic E-state index is -0.458. The van der Waals surface area contributed by atoms with Crippen molar-refractivity contribution >= 4 is 39.1 Å². The van der Waals surface area contributed by atoms with Gasteiger partial charge in [0.25, 0.3) is 0 Å². The molecule has 0 saturated heterocycles. The molecule has 28 heavy (non-hydrogen) atoms. The van der Waals surface area contributed by atoms with Gasteiger partial charge >= 0.3 is 5.97 Å². The number of anilines is 1. The maximum Gasteiger partial charge on any atom is 0.306 e. The van der Waals surface area contributed by atoms with Crippen molar-refractivity contribution in [1.29, 1.82) is 0 Å². The summed E-state index contributed by atoms with van der Waals surface area (Å²) in [5, 5.41) is 0.723. The number of hydrogen-bond acceptors (Lipinski definition) is 5. The van der Waals surface area contributed by atoms with Gasteiger partial charge in [0.05, 0.1) is 35.7 Å². The van der Waals surface area contributed by atoms with Crippen LogP contribution in [0.4, 0.5) is 10.1 Å². The van der Waals surface area contributed by atoms with E-state index < -0.39 is 5.92 Å². The van der Waals surface area contributed by atoms with Gasteiger partial charge in [0, 0.05) is 11.8 Å². The number of halogens is 1. The van der Waals surface area contributed by atoms with Gasteiger partial charge in [0.15, 0.2) is 0 Å². The summed E-state index contributed by atoms with van der Waals surface area (Å²) in [7, 11) is 0. The number of carbonyl (C=O) groups is 2. The zero-order valence-corrected chi connectivity index (χ0v) is 16.2. The molecule has 0 aliphatic carbocycles. The van der Waals surface area contributed by atoms with E-state index in [0.717, 1.165) is 21.0 Å². The molecule has 5 nitrogen and oxygen atoms in total. The van der Waals surface area contributed by atoms with Crippen molar-refractivity contribution in [3.63, 3.8) is 0 Å². The number of para-hydroxylation sites is 1. The van der Waals surface area contributed by atoms with E-state index in [1.54, 1.807) is 17.9 Å². The van der Waals surface area contributed by atoms with Crippen molar-refractivity contribution in [3.05, 3.63) is 58.9 Å².